The second-order valence-corrected chi connectivity index (χ2v) is 6.40. The number of likely N-dealkylation sites (tertiary alicyclic amines) is 1. The fraction of sp³-hybridized carbons (Fsp3) is 0.929. The fourth-order valence-electron chi connectivity index (χ4n) is 2.86. The first-order valence-electron chi connectivity index (χ1n) is 7.17. The van der Waals surface area contributed by atoms with Gasteiger partial charge in [0, 0.05) is 25.4 Å². The van der Waals surface area contributed by atoms with Gasteiger partial charge in [-0.25, -0.2) is 0 Å². The molecule has 0 radical (unpaired) electrons. The van der Waals surface area contributed by atoms with E-state index in [1.807, 2.05) is 11.9 Å². The SMILES string of the molecule is CN1CCC(CC(=O)N(C)CC2(CN)CC2)CC1. The zero-order valence-electron chi connectivity index (χ0n) is 11.8. The van der Waals surface area contributed by atoms with Crippen LogP contribution in [0, 0.1) is 11.3 Å². The summed E-state index contributed by atoms with van der Waals surface area (Å²) in [6.07, 6.45) is 5.44. The summed E-state index contributed by atoms with van der Waals surface area (Å²) in [7, 11) is 4.09. The van der Waals surface area contributed by atoms with E-state index in [0.29, 0.717) is 11.8 Å². The Morgan fingerprint density at radius 2 is 2.00 bits per heavy atom. The Morgan fingerprint density at radius 1 is 1.39 bits per heavy atom. The van der Waals surface area contributed by atoms with Crippen molar-refractivity contribution in [2.75, 3.05) is 40.3 Å². The van der Waals surface area contributed by atoms with Gasteiger partial charge in [0.15, 0.2) is 0 Å². The molecule has 0 aromatic carbocycles. The number of carbonyl (C=O) groups is 1. The largest absolute Gasteiger partial charge is 0.345 e. The summed E-state index contributed by atoms with van der Waals surface area (Å²) in [6.45, 7) is 3.84. The number of nitrogens with zero attached hydrogens (tertiary/aromatic N) is 2. The number of hydrogen-bond donors (Lipinski definition) is 1. The number of carbonyl (C=O) groups excluding carboxylic acids is 1. The first-order valence-corrected chi connectivity index (χ1v) is 7.17. The minimum absolute atomic E-state index is 0.261. The summed E-state index contributed by atoms with van der Waals surface area (Å²) in [5, 5.41) is 0. The van der Waals surface area contributed by atoms with Crippen LogP contribution in [0.25, 0.3) is 0 Å². The number of hydrogen-bond acceptors (Lipinski definition) is 3. The Hall–Kier alpha value is -0.610. The third-order valence-corrected chi connectivity index (χ3v) is 4.69. The molecule has 0 bridgehead atoms. The molecule has 1 saturated carbocycles. The van der Waals surface area contributed by atoms with Crippen LogP contribution >= 0.6 is 0 Å². The summed E-state index contributed by atoms with van der Waals surface area (Å²) >= 11 is 0. The van der Waals surface area contributed by atoms with Crippen molar-refractivity contribution in [3.8, 4) is 0 Å². The molecule has 18 heavy (non-hydrogen) atoms. The second-order valence-electron chi connectivity index (χ2n) is 6.40. The van der Waals surface area contributed by atoms with E-state index in [4.69, 9.17) is 5.73 Å². The second kappa shape index (κ2) is 5.57. The Balaban J connectivity index is 1.73. The molecule has 0 unspecified atom stereocenters. The molecule has 1 aliphatic heterocycles. The molecule has 1 aliphatic carbocycles. The average molecular weight is 253 g/mol. The van der Waals surface area contributed by atoms with E-state index in [1.165, 1.54) is 12.8 Å². The molecule has 1 heterocycles. The number of piperidine rings is 1. The molecule has 0 spiro atoms. The van der Waals surface area contributed by atoms with Crippen LogP contribution in [0.4, 0.5) is 0 Å². The molecule has 4 heteroatoms. The van der Waals surface area contributed by atoms with Gasteiger partial charge in [-0.3, -0.25) is 4.79 Å². The molecule has 104 valence electrons. The highest BCUT2D eigenvalue weighted by Crippen LogP contribution is 2.45. The summed E-state index contributed by atoms with van der Waals surface area (Å²) in [4.78, 5) is 16.4. The van der Waals surface area contributed by atoms with Gasteiger partial charge in [-0.15, -0.1) is 0 Å². The standard InChI is InChI=1S/C14H27N3O/c1-16-7-3-12(4-8-16)9-13(18)17(2)11-14(10-15)5-6-14/h12H,3-11,15H2,1-2H3. The molecular formula is C14H27N3O. The van der Waals surface area contributed by atoms with Crippen molar-refractivity contribution in [2.24, 2.45) is 17.1 Å². The van der Waals surface area contributed by atoms with Crippen LogP contribution in [0.15, 0.2) is 0 Å². The summed E-state index contributed by atoms with van der Waals surface area (Å²) in [5.41, 5.74) is 6.03. The van der Waals surface area contributed by atoms with E-state index < -0.39 is 0 Å². The van der Waals surface area contributed by atoms with Gasteiger partial charge in [-0.1, -0.05) is 0 Å². The summed E-state index contributed by atoms with van der Waals surface area (Å²) in [5.74, 6) is 0.897. The van der Waals surface area contributed by atoms with Crippen molar-refractivity contribution in [3.05, 3.63) is 0 Å². The van der Waals surface area contributed by atoms with Crippen LogP contribution < -0.4 is 5.73 Å². The van der Waals surface area contributed by atoms with E-state index in [-0.39, 0.29) is 5.41 Å². The van der Waals surface area contributed by atoms with Crippen molar-refractivity contribution < 1.29 is 4.79 Å². The molecule has 0 aromatic rings. The third kappa shape index (κ3) is 3.45. The highest BCUT2D eigenvalue weighted by atomic mass is 16.2. The third-order valence-electron chi connectivity index (χ3n) is 4.69. The first-order chi connectivity index (χ1) is 8.54. The molecule has 1 saturated heterocycles. The lowest BCUT2D eigenvalue weighted by Gasteiger charge is -2.30. The minimum Gasteiger partial charge on any atom is -0.345 e. The van der Waals surface area contributed by atoms with Gasteiger partial charge < -0.3 is 15.5 Å². The van der Waals surface area contributed by atoms with Crippen molar-refractivity contribution in [2.45, 2.75) is 32.1 Å². The van der Waals surface area contributed by atoms with Crippen LogP contribution in [0.2, 0.25) is 0 Å². The molecule has 2 fully saturated rings. The van der Waals surface area contributed by atoms with Crippen LogP contribution in [0.1, 0.15) is 32.1 Å². The number of rotatable bonds is 5. The molecule has 1 amide bonds. The lowest BCUT2D eigenvalue weighted by molar-refractivity contribution is -0.132. The zero-order chi connectivity index (χ0) is 13.2. The van der Waals surface area contributed by atoms with Crippen molar-refractivity contribution in [1.29, 1.82) is 0 Å². The van der Waals surface area contributed by atoms with Gasteiger partial charge in [0.2, 0.25) is 5.91 Å². The molecular weight excluding hydrogens is 226 g/mol. The Morgan fingerprint density at radius 3 is 2.50 bits per heavy atom. The molecule has 4 nitrogen and oxygen atoms in total. The minimum atomic E-state index is 0.261. The fourth-order valence-corrected chi connectivity index (χ4v) is 2.86. The van der Waals surface area contributed by atoms with Crippen LogP contribution in [-0.2, 0) is 4.79 Å². The lowest BCUT2D eigenvalue weighted by Crippen LogP contribution is -2.38. The van der Waals surface area contributed by atoms with E-state index >= 15 is 0 Å². The predicted molar refractivity (Wildman–Crippen MR) is 73.2 cm³/mol. The number of amides is 1. The van der Waals surface area contributed by atoms with Crippen LogP contribution in [0.5, 0.6) is 0 Å². The lowest BCUT2D eigenvalue weighted by atomic mass is 9.93. The first kappa shape index (κ1) is 13.8. The van der Waals surface area contributed by atoms with Gasteiger partial charge in [0.25, 0.3) is 0 Å². The van der Waals surface area contributed by atoms with E-state index in [1.54, 1.807) is 0 Å². The van der Waals surface area contributed by atoms with E-state index in [2.05, 4.69) is 11.9 Å². The Bertz CT molecular complexity index is 293. The van der Waals surface area contributed by atoms with Gasteiger partial charge in [0.1, 0.15) is 0 Å². The van der Waals surface area contributed by atoms with Crippen molar-refractivity contribution in [3.63, 3.8) is 0 Å². The maximum absolute atomic E-state index is 12.2. The predicted octanol–water partition coefficient (Wildman–Crippen LogP) is 0.916. The van der Waals surface area contributed by atoms with Gasteiger partial charge in [0.05, 0.1) is 0 Å². The van der Waals surface area contributed by atoms with Gasteiger partial charge in [-0.05, 0) is 58.3 Å². The molecule has 2 aliphatic rings. The van der Waals surface area contributed by atoms with Crippen LogP contribution in [0.3, 0.4) is 0 Å². The van der Waals surface area contributed by atoms with Crippen molar-refractivity contribution >= 4 is 5.91 Å². The summed E-state index contributed by atoms with van der Waals surface area (Å²) in [6, 6.07) is 0. The highest BCUT2D eigenvalue weighted by molar-refractivity contribution is 5.76. The Kier molecular flexibility index (Phi) is 4.28. The normalized spacial score (nSPS) is 23.9. The quantitative estimate of drug-likeness (QED) is 0.792. The number of nitrogens with two attached hydrogens (primary N) is 1. The molecule has 2 N–H and O–H groups in total. The van der Waals surface area contributed by atoms with E-state index in [0.717, 1.165) is 45.4 Å². The maximum Gasteiger partial charge on any atom is 0.222 e. The topological polar surface area (TPSA) is 49.6 Å². The monoisotopic (exact) mass is 253 g/mol. The van der Waals surface area contributed by atoms with Crippen LogP contribution in [-0.4, -0.2) is 56.0 Å². The Labute approximate surface area is 110 Å². The van der Waals surface area contributed by atoms with Gasteiger partial charge >= 0.3 is 0 Å². The average Bonchev–Trinajstić information content (AvgIpc) is 3.12. The van der Waals surface area contributed by atoms with Crippen molar-refractivity contribution in [1.82, 2.24) is 9.80 Å². The summed E-state index contributed by atoms with van der Waals surface area (Å²) < 4.78 is 0. The molecule has 2 rings (SSSR count). The zero-order valence-corrected chi connectivity index (χ0v) is 11.8. The van der Waals surface area contributed by atoms with Gasteiger partial charge in [-0.2, -0.15) is 0 Å². The van der Waals surface area contributed by atoms with E-state index in [9.17, 15) is 4.79 Å². The maximum atomic E-state index is 12.2. The molecule has 0 atom stereocenters. The molecule has 0 aromatic heterocycles. The smallest absolute Gasteiger partial charge is 0.222 e. The highest BCUT2D eigenvalue weighted by Gasteiger charge is 2.42.